The first kappa shape index (κ1) is 44.9. The highest BCUT2D eigenvalue weighted by Gasteiger charge is 2.52. The van der Waals surface area contributed by atoms with E-state index in [9.17, 15) is 49.8 Å². The van der Waals surface area contributed by atoms with Gasteiger partial charge in [0.1, 0.15) is 48.8 Å². The summed E-state index contributed by atoms with van der Waals surface area (Å²) in [6.45, 7) is 3.44. The quantitative estimate of drug-likeness (QED) is 0.0716. The zero-order valence-corrected chi connectivity index (χ0v) is 31.9. The van der Waals surface area contributed by atoms with Gasteiger partial charge in [-0.15, -0.1) is 0 Å². The Morgan fingerprint density at radius 3 is 1.85 bits per heavy atom. The first-order chi connectivity index (χ1) is 26.4. The fourth-order valence-electron chi connectivity index (χ4n) is 7.35. The van der Waals surface area contributed by atoms with Crippen LogP contribution in [-0.4, -0.2) is 132 Å². The monoisotopic (exact) mass is 786 g/mol. The molecular weight excluding hydrogens is 724 g/mol. The lowest BCUT2D eigenvalue weighted by Gasteiger charge is -2.47. The molecule has 3 saturated heterocycles. The molecule has 4 heterocycles. The Morgan fingerprint density at radius 1 is 0.800 bits per heavy atom. The van der Waals surface area contributed by atoms with Crippen LogP contribution in [0.3, 0.4) is 0 Å². The fourth-order valence-corrected chi connectivity index (χ4v) is 7.35. The van der Waals surface area contributed by atoms with E-state index < -0.39 is 109 Å². The Labute approximate surface area is 320 Å². The van der Waals surface area contributed by atoms with Crippen molar-refractivity contribution in [2.75, 3.05) is 6.61 Å². The maximum absolute atomic E-state index is 13.1. The average molecular weight is 787 g/mol. The third kappa shape index (κ3) is 12.6. The van der Waals surface area contributed by atoms with Gasteiger partial charge in [-0.2, -0.15) is 0 Å². The molecule has 1 aromatic heterocycles. The van der Waals surface area contributed by atoms with E-state index >= 15 is 0 Å². The van der Waals surface area contributed by atoms with E-state index in [1.165, 1.54) is 16.8 Å². The number of rotatable bonds is 21. The Morgan fingerprint density at radius 2 is 1.33 bits per heavy atom. The first-order valence-corrected chi connectivity index (χ1v) is 19.9. The van der Waals surface area contributed by atoms with Crippen LogP contribution in [0.5, 0.6) is 0 Å². The Kier molecular flexibility index (Phi) is 18.2. The Hall–Kier alpha value is -2.78. The van der Waals surface area contributed by atoms with Gasteiger partial charge in [0.2, 0.25) is 11.8 Å². The van der Waals surface area contributed by atoms with Crippen LogP contribution in [0.25, 0.3) is 0 Å². The van der Waals surface area contributed by atoms with Crippen LogP contribution in [0.1, 0.15) is 116 Å². The van der Waals surface area contributed by atoms with Crippen LogP contribution < -0.4 is 21.9 Å². The summed E-state index contributed by atoms with van der Waals surface area (Å²) in [6, 6.07) is -1.58. The van der Waals surface area contributed by atoms with E-state index in [-0.39, 0.29) is 19.3 Å². The molecule has 314 valence electrons. The summed E-state index contributed by atoms with van der Waals surface area (Å²) < 4.78 is 25.3. The van der Waals surface area contributed by atoms with Crippen molar-refractivity contribution in [2.45, 2.75) is 190 Å². The number of nitrogens with zero attached hydrogens (tertiary/aromatic N) is 1. The molecule has 0 spiro atoms. The van der Waals surface area contributed by atoms with Crippen molar-refractivity contribution in [3.63, 3.8) is 0 Å². The van der Waals surface area contributed by atoms with Gasteiger partial charge in [0, 0.05) is 31.5 Å². The third-order valence-corrected chi connectivity index (χ3v) is 10.6. The van der Waals surface area contributed by atoms with Gasteiger partial charge in [0.15, 0.2) is 12.6 Å². The molecule has 0 aromatic carbocycles. The number of hydrogen-bond donors (Lipinski definition) is 9. The van der Waals surface area contributed by atoms with Gasteiger partial charge in [-0.3, -0.25) is 23.9 Å². The fraction of sp³-hybridized carbons (Fsp3) is 0.838. The average Bonchev–Trinajstić information content (AvgIpc) is 3.65. The predicted molar refractivity (Wildman–Crippen MR) is 195 cm³/mol. The number of carbonyl (C=O) groups is 2. The minimum absolute atomic E-state index is 0.116. The van der Waals surface area contributed by atoms with Gasteiger partial charge in [0.05, 0.1) is 24.9 Å². The van der Waals surface area contributed by atoms with Crippen LogP contribution in [-0.2, 0) is 28.5 Å². The molecule has 55 heavy (non-hydrogen) atoms. The number of nitrogens with one attached hydrogen (secondary N) is 3. The number of aromatic amines is 1. The summed E-state index contributed by atoms with van der Waals surface area (Å²) in [5.74, 6) is -0.896. The van der Waals surface area contributed by atoms with E-state index in [0.717, 1.165) is 51.4 Å². The molecule has 18 nitrogen and oxygen atoms in total. The van der Waals surface area contributed by atoms with Crippen LogP contribution in [0.4, 0.5) is 0 Å². The van der Waals surface area contributed by atoms with E-state index in [2.05, 4.69) is 29.5 Å². The molecule has 3 fully saturated rings. The number of carbonyl (C=O) groups excluding carboxylic acids is 2. The van der Waals surface area contributed by atoms with Crippen LogP contribution >= 0.6 is 0 Å². The first-order valence-electron chi connectivity index (χ1n) is 19.9. The Balaban J connectivity index is 1.51. The summed E-state index contributed by atoms with van der Waals surface area (Å²) in [5.41, 5.74) is -1.25. The predicted octanol–water partition coefficient (Wildman–Crippen LogP) is -0.442. The van der Waals surface area contributed by atoms with Crippen molar-refractivity contribution < 1.29 is 59.2 Å². The minimum Gasteiger partial charge on any atom is -0.394 e. The number of ether oxygens (including phenoxy) is 4. The number of hydrogen-bond acceptors (Lipinski definition) is 14. The van der Waals surface area contributed by atoms with Crippen molar-refractivity contribution in [3.8, 4) is 0 Å². The van der Waals surface area contributed by atoms with Crippen LogP contribution in [0, 0.1) is 0 Å². The zero-order valence-electron chi connectivity index (χ0n) is 31.9. The minimum atomic E-state index is -1.69. The number of amides is 2. The molecule has 13 atom stereocenters. The van der Waals surface area contributed by atoms with Gasteiger partial charge in [-0.05, 0) is 25.7 Å². The van der Waals surface area contributed by atoms with Crippen LogP contribution in [0.15, 0.2) is 21.9 Å². The third-order valence-electron chi connectivity index (χ3n) is 10.6. The highest BCUT2D eigenvalue weighted by Crippen LogP contribution is 2.34. The van der Waals surface area contributed by atoms with Crippen molar-refractivity contribution >= 4 is 11.8 Å². The highest BCUT2D eigenvalue weighted by atomic mass is 16.8. The lowest BCUT2D eigenvalue weighted by Crippen LogP contribution is -2.69. The highest BCUT2D eigenvalue weighted by molar-refractivity contribution is 5.76. The van der Waals surface area contributed by atoms with E-state index in [0.29, 0.717) is 25.7 Å². The molecule has 3 aliphatic rings. The number of unbranched alkanes of at least 4 members (excludes halogenated alkanes) is 8. The standard InChI is InChI=1S/C37H62N4O14/c1-3-5-7-9-11-13-25(44)38-29-33(49)31(47)23(19-21(43)22-15-16-28(52-22)41-18-17-27(46)40-37(41)51)53-35(29)55-36-30(34(50)32(48)24(20-42)54-36)39-26(45)14-12-10-8-6-4-2/h17-18,21-24,28-36,42-43,47-50H,3-16,19-20H2,1-2H3,(H,38,44)(H,39,45)(H,40,46,51)/t21-,22+,23-,24+,28-,29?,30?,31?,32?,33?,34?,35+,36-/m1/s1. The summed E-state index contributed by atoms with van der Waals surface area (Å²) in [4.78, 5) is 52.1. The van der Waals surface area contributed by atoms with E-state index in [1.807, 2.05) is 0 Å². The number of aliphatic hydroxyl groups is 6. The molecule has 6 unspecified atom stereocenters. The SMILES string of the molecule is CCCCCCCC(=O)NC1C(O)C(O)[C@H](CO)O[C@@H]1O[C@@H]1O[C@H](C[C@@H](O)[C@@H]2CC[C@H](n3ccc(=O)[nH]c3=O)O2)C(O)C(O)C1NC(=O)CCCCCCC. The van der Waals surface area contributed by atoms with Gasteiger partial charge >= 0.3 is 5.69 Å². The van der Waals surface area contributed by atoms with Crippen molar-refractivity contribution in [2.24, 2.45) is 0 Å². The second kappa shape index (κ2) is 22.2. The Bertz CT molecular complexity index is 1440. The largest absolute Gasteiger partial charge is 0.394 e. The molecule has 9 N–H and O–H groups in total. The maximum atomic E-state index is 13.1. The number of aliphatic hydroxyl groups excluding tert-OH is 6. The van der Waals surface area contributed by atoms with Crippen molar-refractivity contribution in [1.29, 1.82) is 0 Å². The lowest BCUT2D eigenvalue weighted by atomic mass is 9.91. The molecule has 2 amide bonds. The van der Waals surface area contributed by atoms with Gasteiger partial charge in [0.25, 0.3) is 5.56 Å². The second-order valence-corrected chi connectivity index (χ2v) is 14.9. The molecule has 0 bridgehead atoms. The molecule has 0 saturated carbocycles. The number of aromatic nitrogens is 2. The molecular formula is C37H62N4O14. The summed E-state index contributed by atoms with van der Waals surface area (Å²) in [7, 11) is 0. The summed E-state index contributed by atoms with van der Waals surface area (Å²) in [5, 5.41) is 71.0. The zero-order chi connectivity index (χ0) is 40.1. The summed E-state index contributed by atoms with van der Waals surface area (Å²) in [6.07, 6.45) is -4.59. The van der Waals surface area contributed by atoms with Crippen LogP contribution in [0.2, 0.25) is 0 Å². The molecule has 1 aromatic rings. The van der Waals surface area contributed by atoms with Gasteiger partial charge in [-0.25, -0.2) is 4.79 Å². The summed E-state index contributed by atoms with van der Waals surface area (Å²) >= 11 is 0. The van der Waals surface area contributed by atoms with Crippen molar-refractivity contribution in [3.05, 3.63) is 33.1 Å². The second-order valence-electron chi connectivity index (χ2n) is 14.9. The van der Waals surface area contributed by atoms with Crippen molar-refractivity contribution in [1.82, 2.24) is 20.2 Å². The molecule has 18 heteroatoms. The molecule has 4 rings (SSSR count). The van der Waals surface area contributed by atoms with E-state index in [1.54, 1.807) is 0 Å². The molecule has 0 radical (unpaired) electrons. The maximum Gasteiger partial charge on any atom is 0.330 e. The lowest BCUT2D eigenvalue weighted by molar-refractivity contribution is -0.346. The normalized spacial score (nSPS) is 32.9. The van der Waals surface area contributed by atoms with Gasteiger partial charge < -0.3 is 60.2 Å². The molecule has 3 aliphatic heterocycles. The molecule has 0 aliphatic carbocycles. The smallest absolute Gasteiger partial charge is 0.330 e. The van der Waals surface area contributed by atoms with E-state index in [4.69, 9.17) is 18.9 Å². The van der Waals surface area contributed by atoms with Gasteiger partial charge in [-0.1, -0.05) is 65.2 Å². The topological polar surface area (TPSA) is 271 Å². The number of H-pyrrole nitrogens is 1.